The first-order valence-corrected chi connectivity index (χ1v) is 13.0. The smallest absolute Gasteiger partial charge is 0.305 e. The zero-order chi connectivity index (χ0) is 31.3. The highest BCUT2D eigenvalue weighted by atomic mass is 16.4. The van der Waals surface area contributed by atoms with E-state index in [1.165, 1.54) is 0 Å². The van der Waals surface area contributed by atoms with Crippen LogP contribution >= 0.6 is 0 Å². The van der Waals surface area contributed by atoms with Gasteiger partial charge in [-0.1, -0.05) is 44.2 Å². The minimum atomic E-state index is -2.28. The summed E-state index contributed by atoms with van der Waals surface area (Å²) in [5, 5.41) is 66.1. The molecular formula is C26H40N4O11. The molecule has 0 saturated carbocycles. The van der Waals surface area contributed by atoms with E-state index >= 15 is 0 Å². The summed E-state index contributed by atoms with van der Waals surface area (Å²) >= 11 is 0. The molecule has 1 aromatic carbocycles. The van der Waals surface area contributed by atoms with Crippen molar-refractivity contribution >= 4 is 29.7 Å². The fourth-order valence-corrected chi connectivity index (χ4v) is 3.86. The van der Waals surface area contributed by atoms with Gasteiger partial charge in [-0.25, -0.2) is 0 Å². The van der Waals surface area contributed by atoms with Crippen molar-refractivity contribution in [3.63, 3.8) is 0 Å². The molecule has 0 aliphatic heterocycles. The maximum Gasteiger partial charge on any atom is 0.305 e. The van der Waals surface area contributed by atoms with Crippen LogP contribution in [0.5, 0.6) is 0 Å². The minimum Gasteiger partial charge on any atom is -0.481 e. The van der Waals surface area contributed by atoms with E-state index in [1.54, 1.807) is 44.2 Å². The highest BCUT2D eigenvalue weighted by Crippen LogP contribution is 2.18. The van der Waals surface area contributed by atoms with Gasteiger partial charge in [0.05, 0.1) is 31.2 Å². The van der Waals surface area contributed by atoms with Crippen LogP contribution in [0.15, 0.2) is 30.3 Å². The van der Waals surface area contributed by atoms with Gasteiger partial charge in [0.15, 0.2) is 6.10 Å². The highest BCUT2D eigenvalue weighted by Gasteiger charge is 2.37. The normalized spacial score (nSPS) is 16.4. The first kappa shape index (κ1) is 35.4. The standard InChI is InChI=1S/C26H40N4O11/c1-13(2)10-17(29-24(39)15(27)8-9-19(32)33)25(40)30-18(12-31)21(36)22(37)23(38)26(41)28-16(11-20(34)35)14-6-4-3-5-7-14/h3-7,13,15-18,21-23,31,36-38H,8-12,27H2,1-2H3,(H,28,41)(H,29,39)(H,30,40)(H,32,33)(H,34,35)/t15-,16-,17-,18-,21+,22+,23-/m0/s1. The fraction of sp³-hybridized carbons (Fsp3) is 0.577. The molecule has 1 rings (SSSR count). The number of carbonyl (C=O) groups excluding carboxylic acids is 3. The van der Waals surface area contributed by atoms with E-state index in [4.69, 9.17) is 10.8 Å². The van der Waals surface area contributed by atoms with Gasteiger partial charge < -0.3 is 52.3 Å². The average molecular weight is 585 g/mol. The first-order chi connectivity index (χ1) is 19.2. The van der Waals surface area contributed by atoms with Gasteiger partial charge in [-0.15, -0.1) is 0 Å². The number of rotatable bonds is 18. The number of carboxylic acids is 2. The van der Waals surface area contributed by atoms with Gasteiger partial charge >= 0.3 is 11.9 Å². The molecule has 0 radical (unpaired) electrons. The molecule has 0 unspecified atom stereocenters. The minimum absolute atomic E-state index is 0.0928. The van der Waals surface area contributed by atoms with Crippen LogP contribution in [0.3, 0.4) is 0 Å². The maximum absolute atomic E-state index is 12.9. The lowest BCUT2D eigenvalue weighted by molar-refractivity contribution is -0.145. The van der Waals surface area contributed by atoms with Crippen molar-refractivity contribution in [1.82, 2.24) is 16.0 Å². The third kappa shape index (κ3) is 12.2. The van der Waals surface area contributed by atoms with Crippen LogP contribution in [-0.4, -0.2) is 103 Å². The van der Waals surface area contributed by atoms with E-state index in [-0.39, 0.29) is 25.2 Å². The van der Waals surface area contributed by atoms with Gasteiger partial charge in [-0.2, -0.15) is 0 Å². The summed E-state index contributed by atoms with van der Waals surface area (Å²) in [4.78, 5) is 60.0. The quantitative estimate of drug-likeness (QED) is 0.0865. The van der Waals surface area contributed by atoms with Gasteiger partial charge in [0.25, 0.3) is 5.91 Å². The Morgan fingerprint density at radius 3 is 1.95 bits per heavy atom. The monoisotopic (exact) mass is 584 g/mol. The first-order valence-electron chi connectivity index (χ1n) is 13.0. The Balaban J connectivity index is 2.93. The molecule has 7 atom stereocenters. The van der Waals surface area contributed by atoms with Crippen molar-refractivity contribution in [2.75, 3.05) is 6.61 Å². The summed E-state index contributed by atoms with van der Waals surface area (Å²) in [6.07, 6.45) is -7.59. The number of hydrogen-bond acceptors (Lipinski definition) is 10. The predicted molar refractivity (Wildman–Crippen MR) is 143 cm³/mol. The number of nitrogens with one attached hydrogen (secondary N) is 3. The SMILES string of the molecule is CC(C)C[C@H](NC(=O)[C@@H](N)CCC(=O)O)C(=O)N[C@@H](CO)[C@@H](O)[C@@H](O)[C@H](O)C(=O)N[C@@H](CC(=O)O)c1ccccc1. The molecule has 0 aromatic heterocycles. The lowest BCUT2D eigenvalue weighted by Gasteiger charge is -2.31. The van der Waals surface area contributed by atoms with E-state index in [2.05, 4.69) is 16.0 Å². The molecule has 15 nitrogen and oxygen atoms in total. The van der Waals surface area contributed by atoms with Crippen molar-refractivity contribution < 1.29 is 54.6 Å². The van der Waals surface area contributed by atoms with Crippen molar-refractivity contribution in [2.45, 2.75) is 82.0 Å². The number of amides is 3. The number of aliphatic carboxylic acids is 2. The van der Waals surface area contributed by atoms with Gasteiger partial charge in [0.1, 0.15) is 18.2 Å². The van der Waals surface area contributed by atoms with Gasteiger partial charge in [-0.3, -0.25) is 24.0 Å². The van der Waals surface area contributed by atoms with E-state index in [0.717, 1.165) is 0 Å². The summed E-state index contributed by atoms with van der Waals surface area (Å²) < 4.78 is 0. The van der Waals surface area contributed by atoms with Crippen molar-refractivity contribution in [3.8, 4) is 0 Å². The van der Waals surface area contributed by atoms with Crippen molar-refractivity contribution in [2.24, 2.45) is 11.7 Å². The third-order valence-corrected chi connectivity index (χ3v) is 6.12. The molecule has 41 heavy (non-hydrogen) atoms. The molecule has 0 aliphatic rings. The molecule has 15 heteroatoms. The Kier molecular flexibility index (Phi) is 14.9. The third-order valence-electron chi connectivity index (χ3n) is 6.12. The molecule has 0 spiro atoms. The van der Waals surface area contributed by atoms with Crippen LogP contribution in [0.1, 0.15) is 51.1 Å². The molecular weight excluding hydrogens is 544 g/mol. The second-order valence-electron chi connectivity index (χ2n) is 10.0. The summed E-state index contributed by atoms with van der Waals surface area (Å²) in [6.45, 7) is 2.56. The predicted octanol–water partition coefficient (Wildman–Crippen LogP) is -2.40. The summed E-state index contributed by atoms with van der Waals surface area (Å²) in [6, 6.07) is 2.88. The van der Waals surface area contributed by atoms with Crippen LogP contribution in [0.25, 0.3) is 0 Å². The highest BCUT2D eigenvalue weighted by molar-refractivity contribution is 5.90. The average Bonchev–Trinajstić information content (AvgIpc) is 2.92. The Morgan fingerprint density at radius 2 is 1.44 bits per heavy atom. The van der Waals surface area contributed by atoms with E-state index in [9.17, 15) is 49.5 Å². The van der Waals surface area contributed by atoms with Crippen LogP contribution in [0, 0.1) is 5.92 Å². The van der Waals surface area contributed by atoms with Crippen LogP contribution in [0.2, 0.25) is 0 Å². The molecule has 0 saturated heterocycles. The topological polar surface area (TPSA) is 269 Å². The molecule has 3 amide bonds. The maximum atomic E-state index is 12.9. The number of aliphatic hydroxyl groups excluding tert-OH is 4. The zero-order valence-corrected chi connectivity index (χ0v) is 22.8. The second-order valence-corrected chi connectivity index (χ2v) is 10.0. The lowest BCUT2D eigenvalue weighted by Crippen LogP contribution is -2.60. The number of carboxylic acid groups (broad SMARTS) is 2. The van der Waals surface area contributed by atoms with Crippen molar-refractivity contribution in [1.29, 1.82) is 0 Å². The molecule has 0 aliphatic carbocycles. The van der Waals surface area contributed by atoms with Crippen LogP contribution in [0.4, 0.5) is 0 Å². The fourth-order valence-electron chi connectivity index (χ4n) is 3.86. The number of aliphatic hydroxyl groups is 4. The summed E-state index contributed by atoms with van der Waals surface area (Å²) in [5.74, 6) is -5.42. The Labute approximate surface area is 236 Å². The van der Waals surface area contributed by atoms with E-state index < -0.39 is 85.2 Å². The second kappa shape index (κ2) is 17.2. The van der Waals surface area contributed by atoms with Gasteiger partial charge in [0.2, 0.25) is 11.8 Å². The van der Waals surface area contributed by atoms with E-state index in [0.29, 0.717) is 5.56 Å². The number of carbonyl (C=O) groups is 5. The molecule has 230 valence electrons. The molecule has 0 heterocycles. The number of nitrogens with two attached hydrogens (primary N) is 1. The molecule has 0 fully saturated rings. The van der Waals surface area contributed by atoms with Crippen molar-refractivity contribution in [3.05, 3.63) is 35.9 Å². The van der Waals surface area contributed by atoms with Crippen LogP contribution < -0.4 is 21.7 Å². The molecule has 0 bridgehead atoms. The largest absolute Gasteiger partial charge is 0.481 e. The van der Waals surface area contributed by atoms with E-state index in [1.807, 2.05) is 0 Å². The van der Waals surface area contributed by atoms with Gasteiger partial charge in [0, 0.05) is 6.42 Å². The molecule has 1 aromatic rings. The zero-order valence-electron chi connectivity index (χ0n) is 22.8. The Bertz CT molecular complexity index is 1020. The Hall–Kier alpha value is -3.63. The number of benzene rings is 1. The number of hydrogen-bond donors (Lipinski definition) is 10. The van der Waals surface area contributed by atoms with Gasteiger partial charge in [-0.05, 0) is 24.3 Å². The molecule has 11 N–H and O–H groups in total. The summed E-state index contributed by atoms with van der Waals surface area (Å²) in [7, 11) is 0. The lowest BCUT2D eigenvalue weighted by atomic mass is 9.98. The van der Waals surface area contributed by atoms with Crippen LogP contribution in [-0.2, 0) is 24.0 Å². The Morgan fingerprint density at radius 1 is 0.829 bits per heavy atom. The summed E-state index contributed by atoms with van der Waals surface area (Å²) in [5.41, 5.74) is 6.11.